The maximum atomic E-state index is 11.9. The number of carbonyl (C=O) groups excluding carboxylic acids is 1. The fraction of sp³-hybridized carbons (Fsp3) is 0.357. The SMILES string of the molecule is CCn1cnnc1-c1cccc(NC(=O)C(C)(C)N)c1. The fourth-order valence-electron chi connectivity index (χ4n) is 1.74. The highest BCUT2D eigenvalue weighted by Gasteiger charge is 2.21. The van der Waals surface area contributed by atoms with Crippen LogP contribution in [0.25, 0.3) is 11.4 Å². The number of carbonyl (C=O) groups is 1. The molecule has 3 N–H and O–H groups in total. The topological polar surface area (TPSA) is 85.8 Å². The van der Waals surface area contributed by atoms with Crippen molar-refractivity contribution >= 4 is 11.6 Å². The molecule has 0 spiro atoms. The van der Waals surface area contributed by atoms with Crippen LogP contribution in [-0.2, 0) is 11.3 Å². The molecule has 1 amide bonds. The lowest BCUT2D eigenvalue weighted by molar-refractivity contribution is -0.120. The molecule has 0 saturated heterocycles. The molecule has 0 aliphatic carbocycles. The number of anilines is 1. The molecule has 0 aliphatic heterocycles. The average Bonchev–Trinajstić information content (AvgIpc) is 2.86. The summed E-state index contributed by atoms with van der Waals surface area (Å²) in [5, 5.41) is 10.8. The van der Waals surface area contributed by atoms with Gasteiger partial charge in [-0.15, -0.1) is 10.2 Å². The summed E-state index contributed by atoms with van der Waals surface area (Å²) in [6.45, 7) is 6.14. The van der Waals surface area contributed by atoms with Crippen molar-refractivity contribution in [3.8, 4) is 11.4 Å². The van der Waals surface area contributed by atoms with E-state index in [9.17, 15) is 4.79 Å². The summed E-state index contributed by atoms with van der Waals surface area (Å²) in [6.07, 6.45) is 1.68. The largest absolute Gasteiger partial charge is 0.324 e. The van der Waals surface area contributed by atoms with E-state index in [2.05, 4.69) is 15.5 Å². The van der Waals surface area contributed by atoms with E-state index in [1.54, 1.807) is 20.2 Å². The lowest BCUT2D eigenvalue weighted by atomic mass is 10.1. The van der Waals surface area contributed by atoms with E-state index in [0.29, 0.717) is 5.69 Å². The second-order valence-corrected chi connectivity index (χ2v) is 5.20. The van der Waals surface area contributed by atoms with Crippen LogP contribution in [-0.4, -0.2) is 26.2 Å². The number of aryl methyl sites for hydroxylation is 1. The zero-order chi connectivity index (χ0) is 14.8. The summed E-state index contributed by atoms with van der Waals surface area (Å²) in [7, 11) is 0. The van der Waals surface area contributed by atoms with E-state index in [1.165, 1.54) is 0 Å². The first kappa shape index (κ1) is 14.2. The van der Waals surface area contributed by atoms with Gasteiger partial charge in [0.05, 0.1) is 5.54 Å². The standard InChI is InChI=1S/C14H19N5O/c1-4-19-9-16-18-12(19)10-6-5-7-11(8-10)17-13(20)14(2,3)15/h5-9H,4,15H2,1-3H3,(H,17,20). The highest BCUT2D eigenvalue weighted by atomic mass is 16.2. The Labute approximate surface area is 118 Å². The summed E-state index contributed by atoms with van der Waals surface area (Å²) in [6, 6.07) is 7.47. The molecule has 6 heteroatoms. The third kappa shape index (κ3) is 3.03. The molecule has 20 heavy (non-hydrogen) atoms. The number of nitrogens with zero attached hydrogens (tertiary/aromatic N) is 3. The van der Waals surface area contributed by atoms with E-state index < -0.39 is 5.54 Å². The maximum Gasteiger partial charge on any atom is 0.243 e. The van der Waals surface area contributed by atoms with Gasteiger partial charge < -0.3 is 15.6 Å². The van der Waals surface area contributed by atoms with Gasteiger partial charge >= 0.3 is 0 Å². The van der Waals surface area contributed by atoms with Crippen LogP contribution in [0.2, 0.25) is 0 Å². The van der Waals surface area contributed by atoms with E-state index in [0.717, 1.165) is 17.9 Å². The van der Waals surface area contributed by atoms with Gasteiger partial charge in [0.15, 0.2) is 5.82 Å². The van der Waals surface area contributed by atoms with Crippen molar-refractivity contribution in [3.63, 3.8) is 0 Å². The highest BCUT2D eigenvalue weighted by Crippen LogP contribution is 2.21. The van der Waals surface area contributed by atoms with Gasteiger partial charge in [0.2, 0.25) is 5.91 Å². The maximum absolute atomic E-state index is 11.9. The van der Waals surface area contributed by atoms with Gasteiger partial charge in [-0.25, -0.2) is 0 Å². The van der Waals surface area contributed by atoms with Crippen molar-refractivity contribution in [2.24, 2.45) is 5.73 Å². The number of rotatable bonds is 4. The summed E-state index contributed by atoms with van der Waals surface area (Å²) < 4.78 is 1.94. The molecule has 2 aromatic rings. The number of amides is 1. The summed E-state index contributed by atoms with van der Waals surface area (Å²) >= 11 is 0. The Hall–Kier alpha value is -2.21. The molecule has 0 bridgehead atoms. The van der Waals surface area contributed by atoms with Gasteiger partial charge in [-0.05, 0) is 32.9 Å². The number of nitrogens with one attached hydrogen (secondary N) is 1. The highest BCUT2D eigenvalue weighted by molar-refractivity contribution is 5.97. The number of aromatic nitrogens is 3. The molecule has 0 saturated carbocycles. The Morgan fingerprint density at radius 2 is 2.20 bits per heavy atom. The molecular formula is C14H19N5O. The predicted octanol–water partition coefficient (Wildman–Crippen LogP) is 1.64. The van der Waals surface area contributed by atoms with E-state index in [1.807, 2.05) is 35.8 Å². The van der Waals surface area contributed by atoms with Crippen molar-refractivity contribution in [2.75, 3.05) is 5.32 Å². The van der Waals surface area contributed by atoms with Gasteiger partial charge in [0.25, 0.3) is 0 Å². The monoisotopic (exact) mass is 273 g/mol. The van der Waals surface area contributed by atoms with E-state index in [4.69, 9.17) is 5.73 Å². The van der Waals surface area contributed by atoms with Gasteiger partial charge in [-0.1, -0.05) is 12.1 Å². The molecule has 6 nitrogen and oxygen atoms in total. The van der Waals surface area contributed by atoms with Crippen molar-refractivity contribution in [3.05, 3.63) is 30.6 Å². The lowest BCUT2D eigenvalue weighted by Gasteiger charge is -2.18. The van der Waals surface area contributed by atoms with E-state index >= 15 is 0 Å². The van der Waals surface area contributed by atoms with Crippen LogP contribution in [0.4, 0.5) is 5.69 Å². The van der Waals surface area contributed by atoms with Gasteiger partial charge in [0.1, 0.15) is 6.33 Å². The van der Waals surface area contributed by atoms with Crippen LogP contribution in [0.3, 0.4) is 0 Å². The first-order valence-electron chi connectivity index (χ1n) is 6.50. The molecule has 0 radical (unpaired) electrons. The van der Waals surface area contributed by atoms with Crippen LogP contribution >= 0.6 is 0 Å². The third-order valence-electron chi connectivity index (χ3n) is 2.92. The summed E-state index contributed by atoms with van der Waals surface area (Å²) in [4.78, 5) is 11.9. The second kappa shape index (κ2) is 5.42. The Balaban J connectivity index is 2.27. The van der Waals surface area contributed by atoms with Crippen LogP contribution in [0, 0.1) is 0 Å². The molecule has 0 fully saturated rings. The van der Waals surface area contributed by atoms with Crippen LogP contribution in [0.5, 0.6) is 0 Å². The second-order valence-electron chi connectivity index (χ2n) is 5.20. The summed E-state index contributed by atoms with van der Waals surface area (Å²) in [5.74, 6) is 0.544. The average molecular weight is 273 g/mol. The number of nitrogens with two attached hydrogens (primary N) is 1. The summed E-state index contributed by atoms with van der Waals surface area (Å²) in [5.41, 5.74) is 6.44. The lowest BCUT2D eigenvalue weighted by Crippen LogP contribution is -2.45. The number of hydrogen-bond acceptors (Lipinski definition) is 4. The molecule has 1 heterocycles. The predicted molar refractivity (Wildman–Crippen MR) is 78.0 cm³/mol. The smallest absolute Gasteiger partial charge is 0.243 e. The Kier molecular flexibility index (Phi) is 3.85. The first-order chi connectivity index (χ1) is 9.41. The Morgan fingerprint density at radius 1 is 1.45 bits per heavy atom. The molecule has 0 aliphatic rings. The Morgan fingerprint density at radius 3 is 2.85 bits per heavy atom. The minimum atomic E-state index is -0.917. The quantitative estimate of drug-likeness (QED) is 0.886. The fourth-order valence-corrected chi connectivity index (χ4v) is 1.74. The molecule has 1 aromatic carbocycles. The van der Waals surface area contributed by atoms with E-state index in [-0.39, 0.29) is 5.91 Å². The zero-order valence-corrected chi connectivity index (χ0v) is 11.9. The molecule has 0 unspecified atom stereocenters. The molecular weight excluding hydrogens is 254 g/mol. The van der Waals surface area contributed by atoms with Gasteiger partial charge in [0, 0.05) is 17.8 Å². The van der Waals surface area contributed by atoms with Crippen LogP contribution in [0.15, 0.2) is 30.6 Å². The molecule has 2 rings (SSSR count). The van der Waals surface area contributed by atoms with Crippen molar-refractivity contribution in [1.82, 2.24) is 14.8 Å². The number of hydrogen-bond donors (Lipinski definition) is 2. The normalized spacial score (nSPS) is 11.4. The zero-order valence-electron chi connectivity index (χ0n) is 11.9. The van der Waals surface area contributed by atoms with Gasteiger partial charge in [-0.3, -0.25) is 4.79 Å². The van der Waals surface area contributed by atoms with Crippen molar-refractivity contribution < 1.29 is 4.79 Å². The van der Waals surface area contributed by atoms with Gasteiger partial charge in [-0.2, -0.15) is 0 Å². The molecule has 0 atom stereocenters. The Bertz CT molecular complexity index is 612. The van der Waals surface area contributed by atoms with Crippen LogP contribution in [0.1, 0.15) is 20.8 Å². The van der Waals surface area contributed by atoms with Crippen LogP contribution < -0.4 is 11.1 Å². The third-order valence-corrected chi connectivity index (χ3v) is 2.92. The van der Waals surface area contributed by atoms with Crippen molar-refractivity contribution in [2.45, 2.75) is 32.9 Å². The minimum Gasteiger partial charge on any atom is -0.324 e. The molecule has 106 valence electrons. The minimum absolute atomic E-state index is 0.230. The molecule has 1 aromatic heterocycles. The first-order valence-corrected chi connectivity index (χ1v) is 6.50. The van der Waals surface area contributed by atoms with Crippen molar-refractivity contribution in [1.29, 1.82) is 0 Å². The number of benzene rings is 1.